The standard InChI is InChI=1S/C13H14N2OS/c1-9-10(2)17-13(15-9)12(8-16)7-11-3-5-14-6-4-11/h3-6,8,12H,7H2,1-2H3. The van der Waals surface area contributed by atoms with E-state index in [1.807, 2.05) is 26.0 Å². The zero-order chi connectivity index (χ0) is 12.3. The Kier molecular flexibility index (Phi) is 3.64. The SMILES string of the molecule is Cc1nc(C(C=O)Cc2ccncc2)sc1C. The van der Waals surface area contributed by atoms with Crippen LogP contribution in [-0.4, -0.2) is 16.3 Å². The summed E-state index contributed by atoms with van der Waals surface area (Å²) in [6.45, 7) is 4.01. The maximum Gasteiger partial charge on any atom is 0.130 e. The van der Waals surface area contributed by atoms with Gasteiger partial charge in [-0.25, -0.2) is 4.98 Å². The Morgan fingerprint density at radius 1 is 1.35 bits per heavy atom. The summed E-state index contributed by atoms with van der Waals surface area (Å²) in [6, 6.07) is 3.87. The summed E-state index contributed by atoms with van der Waals surface area (Å²) in [5.41, 5.74) is 2.13. The average Bonchev–Trinajstić information content (AvgIpc) is 2.68. The number of carbonyl (C=O) groups is 1. The molecule has 0 aliphatic heterocycles. The van der Waals surface area contributed by atoms with Crippen LogP contribution in [0.1, 0.15) is 27.1 Å². The van der Waals surface area contributed by atoms with Crippen molar-refractivity contribution in [3.05, 3.63) is 45.7 Å². The van der Waals surface area contributed by atoms with Gasteiger partial charge in [-0.15, -0.1) is 11.3 Å². The third kappa shape index (κ3) is 2.77. The first-order valence-electron chi connectivity index (χ1n) is 5.49. The monoisotopic (exact) mass is 246 g/mol. The molecule has 4 heteroatoms. The van der Waals surface area contributed by atoms with E-state index >= 15 is 0 Å². The molecule has 0 radical (unpaired) electrons. The quantitative estimate of drug-likeness (QED) is 0.779. The summed E-state index contributed by atoms with van der Waals surface area (Å²) in [7, 11) is 0. The predicted molar refractivity (Wildman–Crippen MR) is 68.3 cm³/mol. The van der Waals surface area contributed by atoms with Crippen LogP contribution in [0.5, 0.6) is 0 Å². The number of pyridine rings is 1. The van der Waals surface area contributed by atoms with E-state index in [-0.39, 0.29) is 5.92 Å². The fourth-order valence-corrected chi connectivity index (χ4v) is 2.60. The molecule has 3 nitrogen and oxygen atoms in total. The highest BCUT2D eigenvalue weighted by Crippen LogP contribution is 2.25. The Hall–Kier alpha value is -1.55. The number of nitrogens with zero attached hydrogens (tertiary/aromatic N) is 2. The largest absolute Gasteiger partial charge is 0.303 e. The maximum absolute atomic E-state index is 11.2. The molecule has 2 rings (SSSR count). The van der Waals surface area contributed by atoms with Crippen LogP contribution in [0, 0.1) is 13.8 Å². The lowest BCUT2D eigenvalue weighted by Crippen LogP contribution is -2.04. The molecule has 1 atom stereocenters. The Bertz CT molecular complexity index is 488. The fourth-order valence-electron chi connectivity index (χ4n) is 1.62. The Balaban J connectivity index is 2.20. The van der Waals surface area contributed by atoms with E-state index in [9.17, 15) is 4.79 Å². The molecule has 0 bridgehead atoms. The molecule has 0 saturated heterocycles. The summed E-state index contributed by atoms with van der Waals surface area (Å²) in [5, 5.41) is 0.909. The lowest BCUT2D eigenvalue weighted by Gasteiger charge is -2.06. The minimum Gasteiger partial charge on any atom is -0.303 e. The van der Waals surface area contributed by atoms with Crippen molar-refractivity contribution in [2.75, 3.05) is 0 Å². The van der Waals surface area contributed by atoms with Crippen LogP contribution < -0.4 is 0 Å². The Labute approximate surface area is 105 Å². The average molecular weight is 246 g/mol. The van der Waals surface area contributed by atoms with Gasteiger partial charge < -0.3 is 4.79 Å². The highest BCUT2D eigenvalue weighted by molar-refractivity contribution is 7.11. The molecule has 0 spiro atoms. The Morgan fingerprint density at radius 2 is 2.06 bits per heavy atom. The van der Waals surface area contributed by atoms with Crippen molar-refractivity contribution >= 4 is 17.6 Å². The number of hydrogen-bond donors (Lipinski definition) is 0. The summed E-state index contributed by atoms with van der Waals surface area (Å²) in [5.74, 6) is -0.144. The smallest absolute Gasteiger partial charge is 0.130 e. The molecule has 0 fully saturated rings. The van der Waals surface area contributed by atoms with Crippen molar-refractivity contribution in [3.63, 3.8) is 0 Å². The van der Waals surface area contributed by atoms with E-state index < -0.39 is 0 Å². The second-order valence-corrected chi connectivity index (χ2v) is 5.23. The van der Waals surface area contributed by atoms with Crippen molar-refractivity contribution < 1.29 is 4.79 Å². The second kappa shape index (κ2) is 5.19. The van der Waals surface area contributed by atoms with E-state index in [2.05, 4.69) is 9.97 Å². The first-order chi connectivity index (χ1) is 8.20. The molecular weight excluding hydrogens is 232 g/mol. The van der Waals surface area contributed by atoms with E-state index in [0.29, 0.717) is 6.42 Å². The van der Waals surface area contributed by atoms with E-state index in [4.69, 9.17) is 0 Å². The molecule has 88 valence electrons. The molecule has 0 amide bonds. The van der Waals surface area contributed by atoms with Crippen LogP contribution in [0.4, 0.5) is 0 Å². The molecule has 0 aliphatic carbocycles. The minimum absolute atomic E-state index is 0.144. The van der Waals surface area contributed by atoms with E-state index in [1.54, 1.807) is 23.7 Å². The number of aryl methyl sites for hydroxylation is 2. The number of carbonyl (C=O) groups excluding carboxylic acids is 1. The summed E-state index contributed by atoms with van der Waals surface area (Å²) in [6.07, 6.45) is 5.17. The number of aldehydes is 1. The van der Waals surface area contributed by atoms with Gasteiger partial charge >= 0.3 is 0 Å². The van der Waals surface area contributed by atoms with Gasteiger partial charge in [-0.2, -0.15) is 0 Å². The van der Waals surface area contributed by atoms with Gasteiger partial charge in [-0.1, -0.05) is 0 Å². The van der Waals surface area contributed by atoms with Gasteiger partial charge in [0, 0.05) is 17.3 Å². The summed E-state index contributed by atoms with van der Waals surface area (Å²) < 4.78 is 0. The second-order valence-electron chi connectivity index (χ2n) is 4.00. The third-order valence-corrected chi connectivity index (χ3v) is 3.94. The van der Waals surface area contributed by atoms with Crippen LogP contribution in [0.2, 0.25) is 0 Å². The minimum atomic E-state index is -0.144. The highest BCUT2D eigenvalue weighted by Gasteiger charge is 2.16. The third-order valence-electron chi connectivity index (χ3n) is 2.73. The number of rotatable bonds is 4. The lowest BCUT2D eigenvalue weighted by molar-refractivity contribution is -0.109. The zero-order valence-electron chi connectivity index (χ0n) is 9.88. The topological polar surface area (TPSA) is 42.9 Å². The number of aromatic nitrogens is 2. The van der Waals surface area contributed by atoms with Crippen molar-refractivity contribution in [2.45, 2.75) is 26.2 Å². The molecule has 0 aliphatic rings. The van der Waals surface area contributed by atoms with E-state index in [1.165, 1.54) is 4.88 Å². The van der Waals surface area contributed by atoms with Gasteiger partial charge in [-0.3, -0.25) is 4.98 Å². The molecule has 2 aromatic heterocycles. The summed E-state index contributed by atoms with van der Waals surface area (Å²) >= 11 is 1.61. The van der Waals surface area contributed by atoms with Crippen LogP contribution in [0.3, 0.4) is 0 Å². The van der Waals surface area contributed by atoms with Gasteiger partial charge in [0.2, 0.25) is 0 Å². The van der Waals surface area contributed by atoms with E-state index in [0.717, 1.165) is 22.6 Å². The first kappa shape index (κ1) is 11.9. The van der Waals surface area contributed by atoms with Gasteiger partial charge in [0.15, 0.2) is 0 Å². The fraction of sp³-hybridized carbons (Fsp3) is 0.308. The van der Waals surface area contributed by atoms with Crippen LogP contribution >= 0.6 is 11.3 Å². The molecule has 0 saturated carbocycles. The summed E-state index contributed by atoms with van der Waals surface area (Å²) in [4.78, 5) is 20.8. The van der Waals surface area contributed by atoms with Gasteiger partial charge in [0.05, 0.1) is 11.6 Å². The van der Waals surface area contributed by atoms with Gasteiger partial charge in [0.25, 0.3) is 0 Å². The molecule has 0 aromatic carbocycles. The van der Waals surface area contributed by atoms with Crippen molar-refractivity contribution in [1.82, 2.24) is 9.97 Å². The zero-order valence-corrected chi connectivity index (χ0v) is 10.7. The highest BCUT2D eigenvalue weighted by atomic mass is 32.1. The molecule has 2 heterocycles. The molecule has 1 unspecified atom stereocenters. The molecule has 2 aromatic rings. The van der Waals surface area contributed by atoms with Crippen LogP contribution in [0.25, 0.3) is 0 Å². The first-order valence-corrected chi connectivity index (χ1v) is 6.30. The number of hydrogen-bond acceptors (Lipinski definition) is 4. The van der Waals surface area contributed by atoms with Crippen molar-refractivity contribution in [1.29, 1.82) is 0 Å². The van der Waals surface area contributed by atoms with Crippen molar-refractivity contribution in [3.8, 4) is 0 Å². The predicted octanol–water partition coefficient (Wildman–Crippen LogP) is 2.68. The van der Waals surface area contributed by atoms with Crippen LogP contribution in [0.15, 0.2) is 24.5 Å². The molecule has 17 heavy (non-hydrogen) atoms. The van der Waals surface area contributed by atoms with Crippen LogP contribution in [-0.2, 0) is 11.2 Å². The van der Waals surface area contributed by atoms with Gasteiger partial charge in [0.1, 0.15) is 11.3 Å². The Morgan fingerprint density at radius 3 is 2.59 bits per heavy atom. The lowest BCUT2D eigenvalue weighted by atomic mass is 10.0. The van der Waals surface area contributed by atoms with Gasteiger partial charge in [-0.05, 0) is 38.0 Å². The van der Waals surface area contributed by atoms with Crippen molar-refractivity contribution in [2.24, 2.45) is 0 Å². The normalized spacial score (nSPS) is 12.4. The molecular formula is C13H14N2OS. The number of thiazole rings is 1. The molecule has 0 N–H and O–H groups in total. The maximum atomic E-state index is 11.2.